The zero-order valence-corrected chi connectivity index (χ0v) is 13.7. The van der Waals surface area contributed by atoms with Crippen molar-refractivity contribution in [3.05, 3.63) is 45.4 Å². The van der Waals surface area contributed by atoms with Crippen LogP contribution in [0.4, 0.5) is 22.4 Å². The van der Waals surface area contributed by atoms with Crippen LogP contribution in [0.1, 0.15) is 26.1 Å². The first kappa shape index (κ1) is 19.6. The third-order valence-electron chi connectivity index (χ3n) is 3.01. The molecule has 0 fully saturated rings. The van der Waals surface area contributed by atoms with Crippen LogP contribution in [0.5, 0.6) is 0 Å². The summed E-state index contributed by atoms with van der Waals surface area (Å²) in [6.07, 6.45) is -4.96. The molecule has 0 aromatic carbocycles. The maximum atomic E-state index is 13.5. The fraction of sp³-hybridized carbons (Fsp3) is 0.286. The summed E-state index contributed by atoms with van der Waals surface area (Å²) in [5, 5.41) is 12.5. The first-order valence-corrected chi connectivity index (χ1v) is 7.91. The highest BCUT2D eigenvalue weighted by Crippen LogP contribution is 2.36. The number of amides is 2. The molecule has 3 N–H and O–H groups in total. The van der Waals surface area contributed by atoms with Crippen molar-refractivity contribution < 1.29 is 32.3 Å². The number of hydrogen-bond donors (Lipinski definition) is 3. The Morgan fingerprint density at radius 2 is 2.00 bits per heavy atom. The lowest BCUT2D eigenvalue weighted by atomic mass is 10.3. The molecule has 2 rings (SSSR count). The summed E-state index contributed by atoms with van der Waals surface area (Å²) in [6, 6.07) is 2.44. The predicted octanol–water partition coefficient (Wildman–Crippen LogP) is 2.44. The van der Waals surface area contributed by atoms with E-state index in [1.54, 1.807) is 0 Å². The van der Waals surface area contributed by atoms with Gasteiger partial charge in [-0.2, -0.15) is 13.2 Å². The highest BCUT2D eigenvalue weighted by Gasteiger charge is 2.39. The Balaban J connectivity index is 2.14. The van der Waals surface area contributed by atoms with Gasteiger partial charge in [-0.3, -0.25) is 9.78 Å². The van der Waals surface area contributed by atoms with Crippen LogP contribution in [0.3, 0.4) is 0 Å². The van der Waals surface area contributed by atoms with E-state index in [4.69, 9.17) is 5.11 Å². The van der Waals surface area contributed by atoms with E-state index >= 15 is 0 Å². The van der Waals surface area contributed by atoms with Crippen molar-refractivity contribution in [3.8, 4) is 0 Å². The molecule has 0 saturated heterocycles. The van der Waals surface area contributed by atoms with E-state index in [1.165, 1.54) is 12.3 Å². The van der Waals surface area contributed by atoms with E-state index in [9.17, 15) is 27.2 Å². The van der Waals surface area contributed by atoms with E-state index < -0.39 is 41.1 Å². The lowest BCUT2D eigenvalue weighted by Gasteiger charge is -2.07. The molecule has 0 bridgehead atoms. The zero-order valence-electron chi connectivity index (χ0n) is 12.9. The van der Waals surface area contributed by atoms with Gasteiger partial charge in [-0.1, -0.05) is 0 Å². The van der Waals surface area contributed by atoms with Gasteiger partial charge < -0.3 is 15.7 Å². The third-order valence-corrected chi connectivity index (χ3v) is 4.17. The fourth-order valence-electron chi connectivity index (χ4n) is 1.89. The molecule has 0 spiro atoms. The van der Waals surface area contributed by atoms with Crippen LogP contribution >= 0.6 is 11.3 Å². The number of pyridine rings is 1. The Bertz CT molecular complexity index is 810. The number of halogens is 4. The van der Waals surface area contributed by atoms with Crippen molar-refractivity contribution in [1.82, 2.24) is 20.6 Å². The van der Waals surface area contributed by atoms with Crippen LogP contribution in [-0.4, -0.2) is 33.6 Å². The van der Waals surface area contributed by atoms with Gasteiger partial charge in [0.1, 0.15) is 10.7 Å². The second-order valence-corrected chi connectivity index (χ2v) is 5.96. The molecule has 0 aliphatic carbocycles. The maximum Gasteiger partial charge on any atom is 0.427 e. The summed E-state index contributed by atoms with van der Waals surface area (Å²) in [5.41, 5.74) is -0.973. The molecule has 0 atom stereocenters. The minimum absolute atomic E-state index is 0.0553. The summed E-state index contributed by atoms with van der Waals surface area (Å²) < 4.78 is 52.8. The topological polar surface area (TPSA) is 104 Å². The number of nitrogens with one attached hydrogen (secondary N) is 2. The number of rotatable bonds is 6. The van der Waals surface area contributed by atoms with Gasteiger partial charge in [-0.25, -0.2) is 14.2 Å². The summed E-state index contributed by atoms with van der Waals surface area (Å²) in [4.78, 5) is 28.6. The molecule has 2 aromatic rings. The number of carbonyl (C=O) groups excluding carboxylic acids is 1. The van der Waals surface area contributed by atoms with Gasteiger partial charge in [0, 0.05) is 19.2 Å². The monoisotopic (exact) mass is 392 g/mol. The van der Waals surface area contributed by atoms with Crippen molar-refractivity contribution in [2.45, 2.75) is 19.1 Å². The molecule has 0 aliphatic rings. The Morgan fingerprint density at radius 3 is 2.62 bits per heavy atom. The molecule has 0 saturated carbocycles. The predicted molar refractivity (Wildman–Crippen MR) is 82.2 cm³/mol. The average molecular weight is 392 g/mol. The molecule has 0 radical (unpaired) electrons. The van der Waals surface area contributed by atoms with E-state index in [1.807, 2.05) is 5.32 Å². The molecule has 0 aliphatic heterocycles. The quantitative estimate of drug-likeness (QED) is 0.655. The number of carboxylic acid groups (broad SMARTS) is 1. The number of thiazole rings is 1. The zero-order chi connectivity index (χ0) is 19.3. The second kappa shape index (κ2) is 8.08. The molecule has 2 aromatic heterocycles. The third kappa shape index (κ3) is 5.12. The Labute approximate surface area is 148 Å². The van der Waals surface area contributed by atoms with E-state index in [2.05, 4.69) is 15.3 Å². The summed E-state index contributed by atoms with van der Waals surface area (Å²) in [7, 11) is 0. The molecule has 12 heteroatoms. The van der Waals surface area contributed by atoms with E-state index in [0.717, 1.165) is 6.07 Å². The SMILES string of the molecule is O=C(O)NCCc1nc(C(=O)NCc2ncccc2F)c(C(F)(F)F)s1. The largest absolute Gasteiger partial charge is 0.465 e. The minimum atomic E-state index is -4.81. The van der Waals surface area contributed by atoms with Crippen molar-refractivity contribution in [2.24, 2.45) is 0 Å². The summed E-state index contributed by atoms with van der Waals surface area (Å²) >= 11 is 0.252. The van der Waals surface area contributed by atoms with Gasteiger partial charge in [0.15, 0.2) is 5.69 Å². The van der Waals surface area contributed by atoms with E-state index in [-0.39, 0.29) is 35.0 Å². The molecule has 26 heavy (non-hydrogen) atoms. The molecule has 7 nitrogen and oxygen atoms in total. The van der Waals surface area contributed by atoms with Gasteiger partial charge in [0.2, 0.25) is 0 Å². The first-order valence-electron chi connectivity index (χ1n) is 7.09. The molecular weight excluding hydrogens is 380 g/mol. The highest BCUT2D eigenvalue weighted by molar-refractivity contribution is 7.12. The van der Waals surface area contributed by atoms with Gasteiger partial charge in [-0.15, -0.1) is 11.3 Å². The standard InChI is InChI=1S/C14H12F4N4O3S/c15-7-2-1-4-19-8(7)6-21-12(23)10-11(14(16,17)18)26-9(22-10)3-5-20-13(24)25/h1-2,4,20H,3,5-6H2,(H,21,23)(H,24,25). The number of carbonyl (C=O) groups is 2. The van der Waals surface area contributed by atoms with Crippen LogP contribution in [-0.2, 0) is 19.1 Å². The van der Waals surface area contributed by atoms with E-state index in [0.29, 0.717) is 0 Å². The molecular formula is C14H12F4N4O3S. The lowest BCUT2D eigenvalue weighted by molar-refractivity contribution is -0.134. The summed E-state index contributed by atoms with van der Waals surface area (Å²) in [6.45, 7) is -0.559. The highest BCUT2D eigenvalue weighted by atomic mass is 32.1. The molecule has 2 heterocycles. The fourth-order valence-corrected chi connectivity index (χ4v) is 2.82. The molecule has 0 unspecified atom stereocenters. The number of hydrogen-bond acceptors (Lipinski definition) is 5. The smallest absolute Gasteiger partial charge is 0.427 e. The molecule has 2 amide bonds. The minimum Gasteiger partial charge on any atom is -0.465 e. The van der Waals surface area contributed by atoms with Gasteiger partial charge in [0.25, 0.3) is 5.91 Å². The van der Waals surface area contributed by atoms with Gasteiger partial charge in [0.05, 0.1) is 17.2 Å². The van der Waals surface area contributed by atoms with Crippen LogP contribution in [0.2, 0.25) is 0 Å². The molecule has 140 valence electrons. The number of nitrogens with zero attached hydrogens (tertiary/aromatic N) is 2. The average Bonchev–Trinajstić information content (AvgIpc) is 2.98. The van der Waals surface area contributed by atoms with Crippen molar-refractivity contribution >= 4 is 23.3 Å². The Hall–Kier alpha value is -2.76. The second-order valence-electron chi connectivity index (χ2n) is 4.88. The van der Waals surface area contributed by atoms with Crippen LogP contribution in [0, 0.1) is 5.82 Å². The Morgan fingerprint density at radius 1 is 1.27 bits per heavy atom. The van der Waals surface area contributed by atoms with Crippen molar-refractivity contribution in [1.29, 1.82) is 0 Å². The maximum absolute atomic E-state index is 13.5. The van der Waals surface area contributed by atoms with Crippen LogP contribution in [0.15, 0.2) is 18.3 Å². The van der Waals surface area contributed by atoms with Crippen LogP contribution in [0.25, 0.3) is 0 Å². The van der Waals surface area contributed by atoms with Crippen LogP contribution < -0.4 is 10.6 Å². The van der Waals surface area contributed by atoms with Crippen molar-refractivity contribution in [3.63, 3.8) is 0 Å². The Kier molecular flexibility index (Phi) is 6.08. The summed E-state index contributed by atoms with van der Waals surface area (Å²) in [5.74, 6) is -1.83. The van der Waals surface area contributed by atoms with Gasteiger partial charge in [-0.05, 0) is 12.1 Å². The first-order chi connectivity index (χ1) is 12.2. The lowest BCUT2D eigenvalue weighted by Crippen LogP contribution is -2.26. The van der Waals surface area contributed by atoms with Crippen molar-refractivity contribution in [2.75, 3.05) is 6.54 Å². The number of aromatic nitrogens is 2. The van der Waals surface area contributed by atoms with Gasteiger partial charge >= 0.3 is 12.3 Å². The number of alkyl halides is 3. The normalized spacial score (nSPS) is 11.2.